The SMILES string of the molecule is Cc1nc(-c2cccc(NC(=O)CN(C)C3CCNCC3)c2)n[nH]1.Cl.Cl. The molecule has 1 fully saturated rings. The van der Waals surface area contributed by atoms with E-state index in [0.29, 0.717) is 18.4 Å². The lowest BCUT2D eigenvalue weighted by atomic mass is 10.1. The van der Waals surface area contributed by atoms with Gasteiger partial charge in [0, 0.05) is 17.3 Å². The molecule has 1 saturated heterocycles. The van der Waals surface area contributed by atoms with E-state index in [1.165, 1.54) is 0 Å². The monoisotopic (exact) mass is 400 g/mol. The molecule has 0 aliphatic carbocycles. The fraction of sp³-hybridized carbons (Fsp3) is 0.471. The maximum absolute atomic E-state index is 12.3. The Hall–Kier alpha value is -1.67. The number of H-pyrrole nitrogens is 1. The van der Waals surface area contributed by atoms with Crippen LogP contribution >= 0.6 is 24.8 Å². The molecular weight excluding hydrogens is 375 g/mol. The zero-order valence-corrected chi connectivity index (χ0v) is 16.6. The van der Waals surface area contributed by atoms with Gasteiger partial charge in [-0.05, 0) is 52.0 Å². The van der Waals surface area contributed by atoms with E-state index in [1.807, 2.05) is 38.2 Å². The first kappa shape index (κ1) is 22.4. The largest absolute Gasteiger partial charge is 0.325 e. The molecule has 1 aliphatic heterocycles. The second-order valence-electron chi connectivity index (χ2n) is 6.27. The average molecular weight is 401 g/mol. The maximum Gasteiger partial charge on any atom is 0.238 e. The summed E-state index contributed by atoms with van der Waals surface area (Å²) in [5.41, 5.74) is 1.64. The Labute approximate surface area is 166 Å². The van der Waals surface area contributed by atoms with Crippen molar-refractivity contribution in [2.24, 2.45) is 0 Å². The van der Waals surface area contributed by atoms with Crippen molar-refractivity contribution in [1.29, 1.82) is 0 Å². The summed E-state index contributed by atoms with van der Waals surface area (Å²) < 4.78 is 0. The first-order valence-electron chi connectivity index (χ1n) is 8.32. The molecule has 144 valence electrons. The van der Waals surface area contributed by atoms with E-state index in [0.717, 1.165) is 43.0 Å². The van der Waals surface area contributed by atoms with Crippen molar-refractivity contribution >= 4 is 36.4 Å². The van der Waals surface area contributed by atoms with Crippen LogP contribution in [0.25, 0.3) is 11.4 Å². The third-order valence-electron chi connectivity index (χ3n) is 4.33. The van der Waals surface area contributed by atoms with E-state index in [1.54, 1.807) is 0 Å². The molecule has 0 bridgehead atoms. The van der Waals surface area contributed by atoms with Gasteiger partial charge in [0.1, 0.15) is 5.82 Å². The van der Waals surface area contributed by atoms with Gasteiger partial charge < -0.3 is 10.6 Å². The van der Waals surface area contributed by atoms with Crippen molar-refractivity contribution in [3.05, 3.63) is 30.1 Å². The summed E-state index contributed by atoms with van der Waals surface area (Å²) in [6.07, 6.45) is 2.17. The van der Waals surface area contributed by atoms with E-state index in [-0.39, 0.29) is 30.7 Å². The molecule has 0 unspecified atom stereocenters. The van der Waals surface area contributed by atoms with Crippen LogP contribution < -0.4 is 10.6 Å². The van der Waals surface area contributed by atoms with Gasteiger partial charge in [-0.1, -0.05) is 12.1 Å². The van der Waals surface area contributed by atoms with Gasteiger partial charge in [0.2, 0.25) is 5.91 Å². The number of amides is 1. The second kappa shape index (κ2) is 10.5. The number of aryl methyl sites for hydroxylation is 1. The van der Waals surface area contributed by atoms with E-state index >= 15 is 0 Å². The zero-order chi connectivity index (χ0) is 16.9. The summed E-state index contributed by atoms with van der Waals surface area (Å²) in [6, 6.07) is 8.07. The number of halogens is 2. The minimum absolute atomic E-state index is 0. The molecule has 1 aromatic heterocycles. The highest BCUT2D eigenvalue weighted by Gasteiger charge is 2.19. The Morgan fingerprint density at radius 1 is 1.31 bits per heavy atom. The predicted molar refractivity (Wildman–Crippen MR) is 108 cm³/mol. The summed E-state index contributed by atoms with van der Waals surface area (Å²) in [5.74, 6) is 1.40. The highest BCUT2D eigenvalue weighted by Crippen LogP contribution is 2.19. The third-order valence-corrected chi connectivity index (χ3v) is 4.33. The Morgan fingerprint density at radius 3 is 2.69 bits per heavy atom. The molecule has 26 heavy (non-hydrogen) atoms. The van der Waals surface area contributed by atoms with Gasteiger partial charge in [-0.3, -0.25) is 14.8 Å². The standard InChI is InChI=1S/C17H24N6O.2ClH/c1-12-19-17(22-21-12)13-4-3-5-14(10-13)20-16(24)11-23(2)15-6-8-18-9-7-15;;/h3-5,10,15,18H,6-9,11H2,1-2H3,(H,20,24)(H,19,21,22);2*1H. The molecule has 0 spiro atoms. The van der Waals surface area contributed by atoms with Gasteiger partial charge in [0.25, 0.3) is 0 Å². The molecule has 1 aromatic carbocycles. The Kier molecular flexibility index (Phi) is 9.01. The van der Waals surface area contributed by atoms with Gasteiger partial charge in [-0.15, -0.1) is 24.8 Å². The number of likely N-dealkylation sites (N-methyl/N-ethyl adjacent to an activating group) is 1. The van der Waals surface area contributed by atoms with Crippen LogP contribution in [-0.2, 0) is 4.79 Å². The molecule has 2 aromatic rings. The normalized spacial score (nSPS) is 14.4. The minimum atomic E-state index is -0.000602. The van der Waals surface area contributed by atoms with Crippen molar-refractivity contribution in [3.8, 4) is 11.4 Å². The van der Waals surface area contributed by atoms with Crippen LogP contribution in [0.1, 0.15) is 18.7 Å². The van der Waals surface area contributed by atoms with E-state index in [2.05, 4.69) is 30.7 Å². The number of benzene rings is 1. The van der Waals surface area contributed by atoms with E-state index in [4.69, 9.17) is 0 Å². The summed E-state index contributed by atoms with van der Waals surface area (Å²) in [4.78, 5) is 18.8. The number of aromatic nitrogens is 3. The summed E-state index contributed by atoms with van der Waals surface area (Å²) in [6.45, 7) is 4.30. The van der Waals surface area contributed by atoms with Crippen LogP contribution in [0, 0.1) is 6.92 Å². The first-order valence-corrected chi connectivity index (χ1v) is 8.32. The van der Waals surface area contributed by atoms with Crippen LogP contribution in [0.4, 0.5) is 5.69 Å². The molecule has 3 N–H and O–H groups in total. The lowest BCUT2D eigenvalue weighted by molar-refractivity contribution is -0.117. The number of aromatic amines is 1. The molecule has 0 radical (unpaired) electrons. The molecule has 0 saturated carbocycles. The number of piperidine rings is 1. The fourth-order valence-electron chi connectivity index (χ4n) is 3.01. The zero-order valence-electron chi connectivity index (χ0n) is 15.0. The molecule has 3 rings (SSSR count). The minimum Gasteiger partial charge on any atom is -0.325 e. The van der Waals surface area contributed by atoms with Crippen molar-refractivity contribution < 1.29 is 4.79 Å². The fourth-order valence-corrected chi connectivity index (χ4v) is 3.01. The van der Waals surface area contributed by atoms with Crippen LogP contribution in [-0.4, -0.2) is 58.7 Å². The summed E-state index contributed by atoms with van der Waals surface area (Å²) in [7, 11) is 2.02. The van der Waals surface area contributed by atoms with Gasteiger partial charge in [0.15, 0.2) is 5.82 Å². The number of hydrogen-bond acceptors (Lipinski definition) is 5. The molecule has 0 atom stereocenters. The number of nitrogens with zero attached hydrogens (tertiary/aromatic N) is 3. The average Bonchev–Trinajstić information content (AvgIpc) is 3.02. The van der Waals surface area contributed by atoms with Crippen molar-refractivity contribution in [3.63, 3.8) is 0 Å². The Balaban J connectivity index is 0.00000169. The van der Waals surface area contributed by atoms with Gasteiger partial charge in [0.05, 0.1) is 6.54 Å². The highest BCUT2D eigenvalue weighted by molar-refractivity contribution is 5.92. The van der Waals surface area contributed by atoms with Crippen molar-refractivity contribution in [1.82, 2.24) is 25.4 Å². The van der Waals surface area contributed by atoms with Crippen molar-refractivity contribution in [2.75, 3.05) is 32.0 Å². The number of carbonyl (C=O) groups excluding carboxylic acids is 1. The Morgan fingerprint density at radius 2 is 2.04 bits per heavy atom. The molecule has 9 heteroatoms. The second-order valence-corrected chi connectivity index (χ2v) is 6.27. The molecule has 7 nitrogen and oxygen atoms in total. The number of nitrogens with one attached hydrogen (secondary N) is 3. The lowest BCUT2D eigenvalue weighted by Gasteiger charge is -2.31. The molecule has 1 amide bonds. The number of anilines is 1. The lowest BCUT2D eigenvalue weighted by Crippen LogP contribution is -2.44. The summed E-state index contributed by atoms with van der Waals surface area (Å²) in [5, 5.41) is 13.3. The van der Waals surface area contributed by atoms with Gasteiger partial charge in [-0.25, -0.2) is 4.98 Å². The van der Waals surface area contributed by atoms with Gasteiger partial charge in [-0.2, -0.15) is 5.10 Å². The third kappa shape index (κ3) is 5.95. The number of rotatable bonds is 5. The molecular formula is C17H26Cl2N6O. The van der Waals surface area contributed by atoms with Crippen LogP contribution in [0.3, 0.4) is 0 Å². The smallest absolute Gasteiger partial charge is 0.238 e. The maximum atomic E-state index is 12.3. The van der Waals surface area contributed by atoms with E-state index in [9.17, 15) is 4.79 Å². The topological polar surface area (TPSA) is 85.9 Å². The van der Waals surface area contributed by atoms with Crippen LogP contribution in [0.2, 0.25) is 0 Å². The Bertz CT molecular complexity index is 702. The van der Waals surface area contributed by atoms with Crippen molar-refractivity contribution in [2.45, 2.75) is 25.8 Å². The first-order chi connectivity index (χ1) is 11.6. The van der Waals surface area contributed by atoms with Gasteiger partial charge >= 0.3 is 0 Å². The highest BCUT2D eigenvalue weighted by atomic mass is 35.5. The van der Waals surface area contributed by atoms with Crippen LogP contribution in [0.15, 0.2) is 24.3 Å². The van der Waals surface area contributed by atoms with E-state index < -0.39 is 0 Å². The predicted octanol–water partition coefficient (Wildman–Crippen LogP) is 2.25. The molecule has 1 aliphatic rings. The quantitative estimate of drug-likeness (QED) is 0.716. The summed E-state index contributed by atoms with van der Waals surface area (Å²) >= 11 is 0. The van der Waals surface area contributed by atoms with Crippen LogP contribution in [0.5, 0.6) is 0 Å². The number of carbonyl (C=O) groups is 1. The number of hydrogen-bond donors (Lipinski definition) is 3. The molecule has 2 heterocycles.